The number of ether oxygens (including phenoxy) is 2. The SMILES string of the molecule is CCCOc1ccc(/C=c2\sc3n(c2=O)[C@@H](c2ccc(C(C)C)cc2)C(C(=O)OCC)=C(CCC)N=3)cc1. The van der Waals surface area contributed by atoms with E-state index in [1.54, 1.807) is 11.5 Å². The number of carbonyl (C=O) groups excluding carboxylic acids is 1. The molecule has 0 aliphatic carbocycles. The lowest BCUT2D eigenvalue weighted by molar-refractivity contribution is -0.139. The number of benzene rings is 2. The van der Waals surface area contributed by atoms with E-state index >= 15 is 0 Å². The van der Waals surface area contributed by atoms with Crippen LogP contribution in [0.4, 0.5) is 0 Å². The molecule has 0 spiro atoms. The second-order valence-corrected chi connectivity index (χ2v) is 10.7. The second-order valence-electron chi connectivity index (χ2n) is 9.65. The third-order valence-electron chi connectivity index (χ3n) is 6.46. The van der Waals surface area contributed by atoms with Crippen molar-refractivity contribution in [1.29, 1.82) is 0 Å². The van der Waals surface area contributed by atoms with Crippen LogP contribution in [0.5, 0.6) is 5.75 Å². The van der Waals surface area contributed by atoms with E-state index in [2.05, 4.69) is 39.8 Å². The molecule has 7 heteroatoms. The van der Waals surface area contributed by atoms with Crippen molar-refractivity contribution in [1.82, 2.24) is 4.57 Å². The van der Waals surface area contributed by atoms with Crippen molar-refractivity contribution in [2.45, 2.75) is 65.8 Å². The number of hydrogen-bond donors (Lipinski definition) is 0. The lowest BCUT2D eigenvalue weighted by Crippen LogP contribution is -2.40. The number of carbonyl (C=O) groups is 1. The summed E-state index contributed by atoms with van der Waals surface area (Å²) in [6.07, 6.45) is 4.26. The molecule has 1 aliphatic heterocycles. The van der Waals surface area contributed by atoms with Gasteiger partial charge in [0.1, 0.15) is 5.75 Å². The molecule has 2 heterocycles. The Balaban J connectivity index is 1.88. The summed E-state index contributed by atoms with van der Waals surface area (Å²) in [6.45, 7) is 11.1. The topological polar surface area (TPSA) is 69.9 Å². The van der Waals surface area contributed by atoms with Crippen LogP contribution in [0.15, 0.2) is 69.6 Å². The summed E-state index contributed by atoms with van der Waals surface area (Å²) in [6, 6.07) is 15.3. The Labute approximate surface area is 228 Å². The lowest BCUT2D eigenvalue weighted by atomic mass is 9.92. The molecule has 0 saturated heterocycles. The molecule has 1 aromatic heterocycles. The Kier molecular flexibility index (Phi) is 9.00. The second kappa shape index (κ2) is 12.4. The number of fused-ring (bicyclic) bond motifs is 1. The molecule has 200 valence electrons. The van der Waals surface area contributed by atoms with Gasteiger partial charge in [0.05, 0.1) is 35.1 Å². The van der Waals surface area contributed by atoms with E-state index in [4.69, 9.17) is 14.5 Å². The van der Waals surface area contributed by atoms with E-state index in [1.807, 2.05) is 42.5 Å². The normalized spacial score (nSPS) is 15.4. The van der Waals surface area contributed by atoms with E-state index in [9.17, 15) is 9.59 Å². The van der Waals surface area contributed by atoms with Gasteiger partial charge in [0.15, 0.2) is 4.80 Å². The third-order valence-corrected chi connectivity index (χ3v) is 7.44. The number of rotatable bonds is 10. The van der Waals surface area contributed by atoms with Crippen LogP contribution in [-0.4, -0.2) is 23.8 Å². The van der Waals surface area contributed by atoms with E-state index < -0.39 is 12.0 Å². The molecule has 0 N–H and O–H groups in total. The number of aromatic nitrogens is 1. The monoisotopic (exact) mass is 532 g/mol. The van der Waals surface area contributed by atoms with Crippen LogP contribution in [0, 0.1) is 0 Å². The fraction of sp³-hybridized carbons (Fsp3) is 0.387. The Hall–Kier alpha value is -3.45. The first-order chi connectivity index (χ1) is 18.4. The molecule has 0 amide bonds. The van der Waals surface area contributed by atoms with Crippen molar-refractivity contribution in [2.75, 3.05) is 13.2 Å². The third kappa shape index (κ3) is 5.83. The van der Waals surface area contributed by atoms with Crippen molar-refractivity contribution in [3.63, 3.8) is 0 Å². The first-order valence-electron chi connectivity index (χ1n) is 13.4. The average Bonchev–Trinajstić information content (AvgIpc) is 3.22. The van der Waals surface area contributed by atoms with Gasteiger partial charge in [-0.05, 0) is 60.6 Å². The number of hydrogen-bond acceptors (Lipinski definition) is 6. The van der Waals surface area contributed by atoms with Gasteiger partial charge in [0.25, 0.3) is 5.56 Å². The fourth-order valence-electron chi connectivity index (χ4n) is 4.53. The Bertz CT molecular complexity index is 1480. The molecule has 1 aliphatic rings. The van der Waals surface area contributed by atoms with Crippen LogP contribution in [0.2, 0.25) is 0 Å². The van der Waals surface area contributed by atoms with Crippen LogP contribution in [0.3, 0.4) is 0 Å². The molecule has 0 fully saturated rings. The van der Waals surface area contributed by atoms with Crippen LogP contribution in [0.1, 0.15) is 82.5 Å². The van der Waals surface area contributed by atoms with Gasteiger partial charge in [0.2, 0.25) is 0 Å². The molecule has 0 bridgehead atoms. The summed E-state index contributed by atoms with van der Waals surface area (Å²) in [5, 5.41) is 0. The van der Waals surface area contributed by atoms with Gasteiger partial charge in [-0.25, -0.2) is 9.79 Å². The highest BCUT2D eigenvalue weighted by atomic mass is 32.1. The summed E-state index contributed by atoms with van der Waals surface area (Å²) in [5.41, 5.74) is 3.93. The molecule has 1 atom stereocenters. The number of esters is 1. The van der Waals surface area contributed by atoms with E-state index in [1.165, 1.54) is 16.9 Å². The molecule has 4 rings (SSSR count). The highest BCUT2D eigenvalue weighted by Gasteiger charge is 2.34. The molecule has 3 aromatic rings. The van der Waals surface area contributed by atoms with Crippen LogP contribution < -0.4 is 19.6 Å². The zero-order valence-corrected chi connectivity index (χ0v) is 23.6. The van der Waals surface area contributed by atoms with Crippen molar-refractivity contribution < 1.29 is 14.3 Å². The smallest absolute Gasteiger partial charge is 0.338 e. The van der Waals surface area contributed by atoms with E-state index in [0.29, 0.717) is 39.5 Å². The number of nitrogens with zero attached hydrogens (tertiary/aromatic N) is 2. The predicted molar refractivity (Wildman–Crippen MR) is 152 cm³/mol. The molecule has 0 unspecified atom stereocenters. The van der Waals surface area contributed by atoms with Gasteiger partial charge in [0, 0.05) is 0 Å². The van der Waals surface area contributed by atoms with Gasteiger partial charge in [-0.15, -0.1) is 0 Å². The lowest BCUT2D eigenvalue weighted by Gasteiger charge is -2.26. The maximum absolute atomic E-state index is 13.9. The minimum atomic E-state index is -0.597. The number of allylic oxidation sites excluding steroid dienone is 1. The Morgan fingerprint density at radius 2 is 1.76 bits per heavy atom. The molecular formula is C31H36N2O4S. The van der Waals surface area contributed by atoms with Gasteiger partial charge < -0.3 is 9.47 Å². The summed E-state index contributed by atoms with van der Waals surface area (Å²) >= 11 is 1.35. The Morgan fingerprint density at radius 1 is 1.05 bits per heavy atom. The van der Waals surface area contributed by atoms with Crippen molar-refractivity contribution in [2.24, 2.45) is 4.99 Å². The number of thiazole rings is 1. The highest BCUT2D eigenvalue weighted by Crippen LogP contribution is 2.33. The van der Waals surface area contributed by atoms with Crippen molar-refractivity contribution >= 4 is 23.4 Å². The van der Waals surface area contributed by atoms with Crippen LogP contribution in [0.25, 0.3) is 6.08 Å². The Morgan fingerprint density at radius 3 is 2.37 bits per heavy atom. The molecular weight excluding hydrogens is 496 g/mol. The first-order valence-corrected chi connectivity index (χ1v) is 14.2. The quantitative estimate of drug-likeness (QED) is 0.324. The minimum Gasteiger partial charge on any atom is -0.494 e. The fourth-order valence-corrected chi connectivity index (χ4v) is 5.55. The van der Waals surface area contributed by atoms with Crippen LogP contribution >= 0.6 is 11.3 Å². The van der Waals surface area contributed by atoms with E-state index in [0.717, 1.165) is 29.7 Å². The van der Waals surface area contributed by atoms with Crippen LogP contribution in [-0.2, 0) is 9.53 Å². The molecule has 2 aromatic carbocycles. The van der Waals surface area contributed by atoms with E-state index in [-0.39, 0.29) is 12.2 Å². The maximum Gasteiger partial charge on any atom is 0.338 e. The summed E-state index contributed by atoms with van der Waals surface area (Å²) in [4.78, 5) is 32.6. The van der Waals surface area contributed by atoms with Gasteiger partial charge in [-0.2, -0.15) is 0 Å². The predicted octanol–water partition coefficient (Wildman–Crippen LogP) is 5.49. The summed E-state index contributed by atoms with van der Waals surface area (Å²) in [5.74, 6) is 0.758. The van der Waals surface area contributed by atoms with Gasteiger partial charge >= 0.3 is 5.97 Å². The summed E-state index contributed by atoms with van der Waals surface area (Å²) < 4.78 is 13.4. The minimum absolute atomic E-state index is 0.171. The zero-order chi connectivity index (χ0) is 27.2. The molecule has 0 radical (unpaired) electrons. The molecule has 0 saturated carbocycles. The van der Waals surface area contributed by atoms with Crippen molar-refractivity contribution in [3.05, 3.63) is 96.2 Å². The first kappa shape index (κ1) is 27.6. The van der Waals surface area contributed by atoms with Gasteiger partial charge in [-0.1, -0.05) is 81.9 Å². The van der Waals surface area contributed by atoms with Crippen molar-refractivity contribution in [3.8, 4) is 5.75 Å². The standard InChI is InChI=1S/C31H36N2O4S/c1-6-9-25-27(30(35)36-8-3)28(23-14-12-22(13-15-23)20(4)5)33-29(34)26(38-31(33)32-25)19-21-10-16-24(17-11-21)37-18-7-2/h10-17,19-20,28H,6-9,18H2,1-5H3/b26-19-/t28-/m0/s1. The molecule has 38 heavy (non-hydrogen) atoms. The molecule has 6 nitrogen and oxygen atoms in total. The average molecular weight is 533 g/mol. The van der Waals surface area contributed by atoms with Gasteiger partial charge in [-0.3, -0.25) is 9.36 Å². The maximum atomic E-state index is 13.9. The zero-order valence-electron chi connectivity index (χ0n) is 22.8. The summed E-state index contributed by atoms with van der Waals surface area (Å²) in [7, 11) is 0. The largest absolute Gasteiger partial charge is 0.494 e. The highest BCUT2D eigenvalue weighted by molar-refractivity contribution is 7.07.